The summed E-state index contributed by atoms with van der Waals surface area (Å²) in [4.78, 5) is 11.8. The predicted molar refractivity (Wildman–Crippen MR) is 136 cm³/mol. The van der Waals surface area contributed by atoms with Crippen molar-refractivity contribution in [3.63, 3.8) is 0 Å². The van der Waals surface area contributed by atoms with Crippen molar-refractivity contribution in [1.82, 2.24) is 0 Å². The van der Waals surface area contributed by atoms with Crippen LogP contribution in [-0.4, -0.2) is 12.1 Å². The molecule has 5 aliphatic carbocycles. The first-order chi connectivity index (χ1) is 15.5. The lowest BCUT2D eigenvalue weighted by atomic mass is 9.46. The van der Waals surface area contributed by atoms with Gasteiger partial charge in [-0.25, -0.2) is 0 Å². The fourth-order valence-corrected chi connectivity index (χ4v) is 11.3. The Morgan fingerprint density at radius 2 is 1.61 bits per heavy atom. The highest BCUT2D eigenvalue weighted by Crippen LogP contribution is 2.87. The van der Waals surface area contributed by atoms with Crippen LogP contribution in [0.3, 0.4) is 0 Å². The molecule has 0 radical (unpaired) electrons. The molecule has 0 aliphatic heterocycles. The van der Waals surface area contributed by atoms with E-state index in [-0.39, 0.29) is 17.5 Å². The second kappa shape index (κ2) is 7.99. The summed E-state index contributed by atoms with van der Waals surface area (Å²) in [6, 6.07) is 0. The van der Waals surface area contributed by atoms with Crippen molar-refractivity contribution in [3.8, 4) is 0 Å². The van der Waals surface area contributed by atoms with Gasteiger partial charge in [-0.3, -0.25) is 4.79 Å². The van der Waals surface area contributed by atoms with Crippen molar-refractivity contribution in [1.29, 1.82) is 0 Å². The molecule has 5 aliphatic rings. The van der Waals surface area contributed by atoms with Crippen molar-refractivity contribution in [2.75, 3.05) is 0 Å². The normalized spacial score (nSPS) is 48.3. The number of rotatable bonds is 6. The molecule has 5 fully saturated rings. The van der Waals surface area contributed by atoms with Gasteiger partial charge >= 0.3 is 5.97 Å². The minimum Gasteiger partial charge on any atom is -0.462 e. The van der Waals surface area contributed by atoms with Crippen LogP contribution in [0, 0.1) is 57.2 Å². The zero-order valence-electron chi connectivity index (χ0n) is 22.8. The van der Waals surface area contributed by atoms with Gasteiger partial charge in [0.2, 0.25) is 0 Å². The number of hydrogen-bond acceptors (Lipinski definition) is 2. The van der Waals surface area contributed by atoms with Gasteiger partial charge in [0.05, 0.1) is 0 Å². The van der Waals surface area contributed by atoms with Gasteiger partial charge in [0.25, 0.3) is 0 Å². The maximum atomic E-state index is 11.8. The molecule has 2 spiro atoms. The van der Waals surface area contributed by atoms with E-state index in [2.05, 4.69) is 41.5 Å². The highest BCUT2D eigenvalue weighted by molar-refractivity contribution is 5.66. The quantitative estimate of drug-likeness (QED) is 0.375. The standard InChI is InChI=1S/C31H52O2/c1-20(2)9-8-10-21(3)23-11-12-24-25-13-14-26-28(5,6)27(33-22(4)32)15-16-31(26)19-30(25,31)18-17-29(23,24)7/h20-21,23-27H,8-19H2,1-7H3/t21?,23?,24?,25?,26-,27?,29?,30?,31?/m0/s1. The summed E-state index contributed by atoms with van der Waals surface area (Å²) in [6.07, 6.45) is 17.1. The monoisotopic (exact) mass is 456 g/mol. The second-order valence-electron chi connectivity index (χ2n) is 14.8. The largest absolute Gasteiger partial charge is 0.462 e. The predicted octanol–water partition coefficient (Wildman–Crippen LogP) is 8.43. The maximum Gasteiger partial charge on any atom is 0.302 e. The van der Waals surface area contributed by atoms with Gasteiger partial charge in [0.1, 0.15) is 6.10 Å². The van der Waals surface area contributed by atoms with E-state index < -0.39 is 0 Å². The minimum atomic E-state index is -0.0869. The number of ether oxygens (including phenoxy) is 1. The minimum absolute atomic E-state index is 0.0869. The van der Waals surface area contributed by atoms with E-state index in [9.17, 15) is 4.79 Å². The van der Waals surface area contributed by atoms with E-state index in [1.807, 2.05) is 0 Å². The molecule has 0 aromatic rings. The highest BCUT2D eigenvalue weighted by atomic mass is 16.5. The summed E-state index contributed by atoms with van der Waals surface area (Å²) < 4.78 is 5.89. The van der Waals surface area contributed by atoms with Crippen LogP contribution in [-0.2, 0) is 9.53 Å². The number of carbonyl (C=O) groups is 1. The molecule has 2 nitrogen and oxygen atoms in total. The Kier molecular flexibility index (Phi) is 5.85. The molecule has 0 amide bonds. The van der Waals surface area contributed by atoms with Crippen LogP contribution in [0.25, 0.3) is 0 Å². The zero-order valence-corrected chi connectivity index (χ0v) is 22.8. The summed E-state index contributed by atoms with van der Waals surface area (Å²) in [6.45, 7) is 16.5. The van der Waals surface area contributed by atoms with E-state index in [4.69, 9.17) is 4.74 Å². The number of fused-ring (bicyclic) bond motifs is 2. The third kappa shape index (κ3) is 3.41. The fourth-order valence-electron chi connectivity index (χ4n) is 11.3. The molecule has 5 rings (SSSR count). The topological polar surface area (TPSA) is 26.3 Å². The first-order valence-corrected chi connectivity index (χ1v) is 14.7. The molecule has 0 aromatic carbocycles. The van der Waals surface area contributed by atoms with E-state index in [1.54, 1.807) is 6.92 Å². The van der Waals surface area contributed by atoms with Crippen molar-refractivity contribution in [2.24, 2.45) is 57.2 Å². The number of esters is 1. The molecule has 0 saturated heterocycles. The van der Waals surface area contributed by atoms with Gasteiger partial charge in [-0.05, 0) is 110 Å². The van der Waals surface area contributed by atoms with Crippen LogP contribution in [0.5, 0.6) is 0 Å². The van der Waals surface area contributed by atoms with Crippen molar-refractivity contribution in [3.05, 3.63) is 0 Å². The Balaban J connectivity index is 1.33. The molecule has 0 N–H and O–H groups in total. The molecule has 0 heterocycles. The van der Waals surface area contributed by atoms with Gasteiger partial charge < -0.3 is 4.74 Å². The lowest BCUT2D eigenvalue weighted by Gasteiger charge is -2.59. The van der Waals surface area contributed by atoms with E-state index >= 15 is 0 Å². The molecular weight excluding hydrogens is 404 g/mol. The number of hydrogen-bond donors (Lipinski definition) is 0. The first-order valence-electron chi connectivity index (χ1n) is 14.7. The van der Waals surface area contributed by atoms with Crippen molar-refractivity contribution < 1.29 is 9.53 Å². The van der Waals surface area contributed by atoms with Gasteiger partial charge in [0.15, 0.2) is 0 Å². The van der Waals surface area contributed by atoms with E-state index in [1.165, 1.54) is 70.6 Å². The average molecular weight is 457 g/mol. The van der Waals surface area contributed by atoms with Crippen LogP contribution in [0.1, 0.15) is 126 Å². The summed E-state index contributed by atoms with van der Waals surface area (Å²) in [5, 5.41) is 0. The van der Waals surface area contributed by atoms with Crippen LogP contribution < -0.4 is 0 Å². The van der Waals surface area contributed by atoms with E-state index in [0.717, 1.165) is 41.9 Å². The molecule has 188 valence electrons. The van der Waals surface area contributed by atoms with Gasteiger partial charge in [-0.15, -0.1) is 0 Å². The Morgan fingerprint density at radius 3 is 2.30 bits per heavy atom. The smallest absolute Gasteiger partial charge is 0.302 e. The molecular formula is C31H52O2. The molecule has 33 heavy (non-hydrogen) atoms. The van der Waals surface area contributed by atoms with Gasteiger partial charge in [-0.2, -0.15) is 0 Å². The van der Waals surface area contributed by atoms with Crippen LogP contribution >= 0.6 is 0 Å². The molecule has 5 saturated carbocycles. The molecule has 8 unspecified atom stereocenters. The Bertz CT molecular complexity index is 769. The van der Waals surface area contributed by atoms with Crippen molar-refractivity contribution >= 4 is 5.97 Å². The Hall–Kier alpha value is -0.530. The second-order valence-corrected chi connectivity index (χ2v) is 14.8. The first kappa shape index (κ1) is 24.2. The molecule has 9 atom stereocenters. The zero-order chi connectivity index (χ0) is 23.8. The number of carbonyl (C=O) groups excluding carboxylic acids is 1. The lowest BCUT2D eigenvalue weighted by Crippen LogP contribution is -2.55. The fraction of sp³-hybridized carbons (Fsp3) is 0.968. The third-order valence-electron chi connectivity index (χ3n) is 12.7. The summed E-state index contributed by atoms with van der Waals surface area (Å²) in [7, 11) is 0. The summed E-state index contributed by atoms with van der Waals surface area (Å²) in [5.74, 6) is 5.30. The van der Waals surface area contributed by atoms with Crippen LogP contribution in [0.2, 0.25) is 0 Å². The Labute approximate surface area is 204 Å². The highest BCUT2D eigenvalue weighted by Gasteiger charge is 2.80. The Morgan fingerprint density at radius 1 is 0.879 bits per heavy atom. The van der Waals surface area contributed by atoms with Gasteiger partial charge in [-0.1, -0.05) is 60.8 Å². The lowest BCUT2D eigenvalue weighted by molar-refractivity contribution is -0.173. The molecule has 0 aromatic heterocycles. The average Bonchev–Trinajstić information content (AvgIpc) is 3.26. The molecule has 0 bridgehead atoms. The van der Waals surface area contributed by atoms with Crippen molar-refractivity contribution in [2.45, 2.75) is 132 Å². The third-order valence-corrected chi connectivity index (χ3v) is 12.7. The summed E-state index contributed by atoms with van der Waals surface area (Å²) >= 11 is 0. The molecule has 2 heteroatoms. The summed E-state index contributed by atoms with van der Waals surface area (Å²) in [5.41, 5.74) is 1.92. The SMILES string of the molecule is CC(=O)OC1CCC23CC24CCC2(C)C(C(C)CCCC(C)C)CCC2C4CC[C@H]3C1(C)C. The van der Waals surface area contributed by atoms with Gasteiger partial charge in [0, 0.05) is 12.3 Å². The van der Waals surface area contributed by atoms with Crippen LogP contribution in [0.15, 0.2) is 0 Å². The van der Waals surface area contributed by atoms with Crippen LogP contribution in [0.4, 0.5) is 0 Å². The van der Waals surface area contributed by atoms with E-state index in [0.29, 0.717) is 16.2 Å². The maximum absolute atomic E-state index is 11.8.